The van der Waals surface area contributed by atoms with E-state index in [2.05, 4.69) is 4.98 Å². The molecular formula is C28H35N3O7P+. The number of esters is 1. The summed E-state index contributed by atoms with van der Waals surface area (Å²) in [5, 5.41) is 11.8. The zero-order chi connectivity index (χ0) is 28.6. The van der Waals surface area contributed by atoms with E-state index in [0.717, 1.165) is 5.56 Å². The number of carbonyl (C=O) groups excluding carboxylic acids is 1. The van der Waals surface area contributed by atoms with Gasteiger partial charge in [-0.2, -0.15) is 13.9 Å². The second-order valence-corrected chi connectivity index (χ2v) is 10.9. The number of hydrogen-bond acceptors (Lipinski definition) is 9. The quantitative estimate of drug-likeness (QED) is 0.134. The fourth-order valence-corrected chi connectivity index (χ4v) is 6.36. The first-order chi connectivity index (χ1) is 18.6. The summed E-state index contributed by atoms with van der Waals surface area (Å²) in [6, 6.07) is 15.8. The van der Waals surface area contributed by atoms with E-state index >= 15 is 0 Å². The minimum atomic E-state index is -3.72. The molecule has 0 amide bonds. The number of nitrogens with zero attached hydrogens (tertiary/aromatic N) is 3. The van der Waals surface area contributed by atoms with Crippen LogP contribution >= 0.6 is 7.94 Å². The highest BCUT2D eigenvalue weighted by Crippen LogP contribution is 2.58. The lowest BCUT2D eigenvalue weighted by atomic mass is 9.97. The van der Waals surface area contributed by atoms with Crippen LogP contribution in [0.2, 0.25) is 0 Å². The van der Waals surface area contributed by atoms with Crippen LogP contribution in [-0.4, -0.2) is 59.1 Å². The van der Waals surface area contributed by atoms with Crippen LogP contribution in [-0.2, 0) is 20.3 Å². The molecule has 2 aromatic carbocycles. The zero-order valence-corrected chi connectivity index (χ0v) is 23.8. The van der Waals surface area contributed by atoms with Gasteiger partial charge in [0.05, 0.1) is 40.7 Å². The number of ether oxygens (including phenoxy) is 1. The molecule has 0 radical (unpaired) electrons. The van der Waals surface area contributed by atoms with Crippen LogP contribution in [0.3, 0.4) is 0 Å². The first-order valence-corrected chi connectivity index (χ1v) is 14.3. The molecule has 0 bridgehead atoms. The Hall–Kier alpha value is -3.27. The molecule has 0 aliphatic carbocycles. The molecular weight excluding hydrogens is 521 g/mol. The van der Waals surface area contributed by atoms with Crippen molar-refractivity contribution >= 4 is 24.9 Å². The highest BCUT2D eigenvalue weighted by Gasteiger charge is 2.49. The third-order valence-electron chi connectivity index (χ3n) is 5.97. The summed E-state index contributed by atoms with van der Waals surface area (Å²) in [6.07, 6.45) is 0. The Morgan fingerprint density at radius 3 is 2.33 bits per heavy atom. The molecule has 0 aliphatic rings. The average molecular weight is 557 g/mol. The van der Waals surface area contributed by atoms with Gasteiger partial charge in [0.25, 0.3) is 5.69 Å². The number of hydrogen-bond donors (Lipinski definition) is 1. The van der Waals surface area contributed by atoms with Crippen molar-refractivity contribution in [3.05, 3.63) is 87.2 Å². The van der Waals surface area contributed by atoms with E-state index in [-0.39, 0.29) is 41.9 Å². The molecule has 11 heteroatoms. The highest BCUT2D eigenvalue weighted by molar-refractivity contribution is 7.69. The van der Waals surface area contributed by atoms with Gasteiger partial charge < -0.3 is 4.74 Å². The number of aromatic nitrogens is 1. The van der Waals surface area contributed by atoms with Crippen LogP contribution in [0.25, 0.3) is 11.1 Å². The van der Waals surface area contributed by atoms with Gasteiger partial charge >= 0.3 is 13.9 Å². The Balaban J connectivity index is 2.04. The molecule has 0 aliphatic heterocycles. The van der Waals surface area contributed by atoms with Crippen LogP contribution in [0, 0.1) is 24.0 Å². The molecule has 10 nitrogen and oxygen atoms in total. The average Bonchev–Trinajstić information content (AvgIpc) is 2.89. The third-order valence-corrected chi connectivity index (χ3v) is 8.30. The molecule has 1 aromatic heterocycles. The summed E-state index contributed by atoms with van der Waals surface area (Å²) in [6.45, 7) is 8.33. The Morgan fingerprint density at radius 1 is 1.05 bits per heavy atom. The molecule has 0 atom stereocenters. The maximum atomic E-state index is 13.6. The summed E-state index contributed by atoms with van der Waals surface area (Å²) < 4.78 is 17.1. The van der Waals surface area contributed by atoms with Crippen molar-refractivity contribution < 1.29 is 28.4 Å². The van der Waals surface area contributed by atoms with Gasteiger partial charge in [0.15, 0.2) is 0 Å². The van der Waals surface area contributed by atoms with Gasteiger partial charge in [-0.25, -0.2) is 4.79 Å². The Kier molecular flexibility index (Phi) is 10.6. The van der Waals surface area contributed by atoms with Gasteiger partial charge in [-0.15, -0.1) is 0 Å². The molecule has 1 heterocycles. The van der Waals surface area contributed by atoms with E-state index in [4.69, 9.17) is 13.8 Å². The number of aryl methyl sites for hydroxylation is 2. The Bertz CT molecular complexity index is 1300. The molecule has 39 heavy (non-hydrogen) atoms. The standard InChI is InChI=1S/C28H35N3O7P/c1-6-37-39(35,38-7-2)27-21(4)29-20(3)25(26(27)23-14-11-15-24(18-23)31(33)34)28(32)36-17-16-30(5)19-22-12-9-8-10-13-22/h8-15,18,35H,6-7,16-17,19H2,1-5H3/q+1. The predicted molar refractivity (Wildman–Crippen MR) is 151 cm³/mol. The topological polar surface area (TPSA) is 124 Å². The monoisotopic (exact) mass is 556 g/mol. The Morgan fingerprint density at radius 2 is 1.72 bits per heavy atom. The van der Waals surface area contributed by atoms with Gasteiger partial charge in [0.2, 0.25) is 5.30 Å². The molecule has 208 valence electrons. The molecule has 3 aromatic rings. The third kappa shape index (κ3) is 7.44. The number of likely N-dealkylation sites (N-methyl/N-ethyl adjacent to an activating group) is 1. The first-order valence-electron chi connectivity index (χ1n) is 12.7. The molecule has 0 fully saturated rings. The van der Waals surface area contributed by atoms with Crippen molar-refractivity contribution in [3.8, 4) is 11.1 Å². The predicted octanol–water partition coefficient (Wildman–Crippen LogP) is 5.02. The largest absolute Gasteiger partial charge is 0.461 e. The lowest BCUT2D eigenvalue weighted by molar-refractivity contribution is -0.384. The number of carbonyl (C=O) groups is 1. The van der Waals surface area contributed by atoms with Crippen molar-refractivity contribution in [1.29, 1.82) is 0 Å². The second-order valence-electron chi connectivity index (χ2n) is 8.90. The lowest BCUT2D eigenvalue weighted by Gasteiger charge is -2.22. The molecule has 3 rings (SSSR count). The van der Waals surface area contributed by atoms with Crippen molar-refractivity contribution in [2.75, 3.05) is 33.4 Å². The fraction of sp³-hybridized carbons (Fsp3) is 0.357. The maximum Gasteiger partial charge on any atom is 0.448 e. The molecule has 0 saturated carbocycles. The van der Waals surface area contributed by atoms with E-state index < -0.39 is 18.8 Å². The summed E-state index contributed by atoms with van der Waals surface area (Å²) in [4.78, 5) is 42.8. The van der Waals surface area contributed by atoms with E-state index in [1.165, 1.54) is 18.2 Å². The van der Waals surface area contributed by atoms with Crippen LogP contribution in [0.15, 0.2) is 54.6 Å². The van der Waals surface area contributed by atoms with Crippen LogP contribution < -0.4 is 5.30 Å². The van der Waals surface area contributed by atoms with Gasteiger partial charge in [0.1, 0.15) is 6.61 Å². The van der Waals surface area contributed by atoms with Crippen molar-refractivity contribution in [2.45, 2.75) is 34.2 Å². The zero-order valence-electron chi connectivity index (χ0n) is 22.9. The fourth-order valence-electron chi connectivity index (χ4n) is 4.35. The summed E-state index contributed by atoms with van der Waals surface area (Å²) in [5.74, 6) is -0.657. The number of non-ortho nitro benzene ring substituents is 1. The highest BCUT2D eigenvalue weighted by atomic mass is 31.2. The number of benzene rings is 2. The molecule has 0 saturated heterocycles. The second kappa shape index (κ2) is 13.7. The van der Waals surface area contributed by atoms with Crippen LogP contribution in [0.4, 0.5) is 5.69 Å². The summed E-state index contributed by atoms with van der Waals surface area (Å²) in [7, 11) is -1.79. The van der Waals surface area contributed by atoms with Crippen LogP contribution in [0.1, 0.15) is 41.2 Å². The van der Waals surface area contributed by atoms with E-state index in [9.17, 15) is 19.8 Å². The van der Waals surface area contributed by atoms with Gasteiger partial charge in [-0.1, -0.05) is 42.5 Å². The molecule has 1 N–H and O–H groups in total. The van der Waals surface area contributed by atoms with Crippen molar-refractivity contribution in [3.63, 3.8) is 0 Å². The minimum absolute atomic E-state index is 0.0969. The normalized spacial score (nSPS) is 11.6. The summed E-state index contributed by atoms with van der Waals surface area (Å²) in [5.41, 5.74) is 2.42. The number of nitro benzene ring substituents is 1. The van der Waals surface area contributed by atoms with Gasteiger partial charge in [0, 0.05) is 25.2 Å². The maximum absolute atomic E-state index is 13.6. The van der Waals surface area contributed by atoms with E-state index in [1.807, 2.05) is 42.3 Å². The van der Waals surface area contributed by atoms with Crippen molar-refractivity contribution in [1.82, 2.24) is 9.88 Å². The SMILES string of the molecule is CCO[P+](O)(OCC)c1c(C)nc(C)c(C(=O)OCCN(C)Cc2ccccc2)c1-c1cccc([N+](=O)[O-])c1. The van der Waals surface area contributed by atoms with Gasteiger partial charge in [-0.3, -0.25) is 20.0 Å². The minimum Gasteiger partial charge on any atom is -0.461 e. The number of nitro groups is 1. The molecule has 0 spiro atoms. The van der Waals surface area contributed by atoms with E-state index in [1.54, 1.807) is 33.8 Å². The Labute approximate surface area is 229 Å². The number of rotatable bonds is 13. The van der Waals surface area contributed by atoms with Gasteiger partial charge in [-0.05, 0) is 45.9 Å². The lowest BCUT2D eigenvalue weighted by Crippen LogP contribution is -2.28. The van der Waals surface area contributed by atoms with Crippen molar-refractivity contribution in [2.24, 2.45) is 0 Å². The first kappa shape index (κ1) is 30.3. The van der Waals surface area contributed by atoms with E-state index in [0.29, 0.717) is 30.0 Å². The van der Waals surface area contributed by atoms with Crippen LogP contribution in [0.5, 0.6) is 0 Å². The molecule has 0 unspecified atom stereocenters. The number of pyridine rings is 1. The smallest absolute Gasteiger partial charge is 0.448 e. The summed E-state index contributed by atoms with van der Waals surface area (Å²) >= 11 is 0.